The zero-order valence-corrected chi connectivity index (χ0v) is 9.86. The summed E-state index contributed by atoms with van der Waals surface area (Å²) in [6.07, 6.45) is 0.304. The minimum absolute atomic E-state index is 0.0870. The van der Waals surface area contributed by atoms with Crippen LogP contribution in [0.5, 0.6) is 0 Å². The highest BCUT2D eigenvalue weighted by atomic mass is 17.2. The molecule has 6 heteroatoms. The molecule has 0 fully saturated rings. The van der Waals surface area contributed by atoms with Gasteiger partial charge in [0, 0.05) is 13.3 Å². The second-order valence-electron chi connectivity index (χ2n) is 3.36. The molecule has 1 atom stereocenters. The largest absolute Gasteiger partial charge is 0.447 e. The highest BCUT2D eigenvalue weighted by molar-refractivity contribution is 5.82. The maximum absolute atomic E-state index is 11.5. The molecule has 0 bridgehead atoms. The summed E-state index contributed by atoms with van der Waals surface area (Å²) in [5, 5.41) is 0. The molecule has 0 rings (SSSR count). The average Bonchev–Trinajstić information content (AvgIpc) is 2.23. The van der Waals surface area contributed by atoms with E-state index in [0.29, 0.717) is 0 Å². The quantitative estimate of drug-likeness (QED) is 0.410. The lowest BCUT2D eigenvalue weighted by Crippen LogP contribution is -2.41. The molecule has 0 saturated carbocycles. The van der Waals surface area contributed by atoms with Gasteiger partial charge in [-0.2, -0.15) is 0 Å². The average molecular weight is 232 g/mol. The fourth-order valence-electron chi connectivity index (χ4n) is 0.807. The first kappa shape index (κ1) is 14.4. The van der Waals surface area contributed by atoms with Crippen LogP contribution in [-0.2, 0) is 28.9 Å². The van der Waals surface area contributed by atoms with E-state index in [1.807, 2.05) is 0 Å². The van der Waals surface area contributed by atoms with E-state index in [1.165, 1.54) is 13.8 Å². The summed E-state index contributed by atoms with van der Waals surface area (Å²) >= 11 is 0. The maximum atomic E-state index is 11.5. The van der Waals surface area contributed by atoms with E-state index >= 15 is 0 Å². The second kappa shape index (κ2) is 6.09. The number of hydrogen-bond donors (Lipinski definition) is 0. The van der Waals surface area contributed by atoms with Crippen molar-refractivity contribution in [3.05, 3.63) is 0 Å². The van der Waals surface area contributed by atoms with Crippen molar-refractivity contribution in [1.29, 1.82) is 0 Å². The lowest BCUT2D eigenvalue weighted by molar-refractivity contribution is -0.270. The van der Waals surface area contributed by atoms with Crippen molar-refractivity contribution in [3.8, 4) is 0 Å². The molecular formula is C10H16O6. The van der Waals surface area contributed by atoms with Gasteiger partial charge < -0.3 is 4.74 Å². The van der Waals surface area contributed by atoms with Gasteiger partial charge >= 0.3 is 17.9 Å². The van der Waals surface area contributed by atoms with Gasteiger partial charge in [-0.15, -0.1) is 0 Å². The van der Waals surface area contributed by atoms with Crippen LogP contribution in [0.25, 0.3) is 0 Å². The van der Waals surface area contributed by atoms with E-state index in [2.05, 4.69) is 9.78 Å². The Morgan fingerprint density at radius 3 is 2.06 bits per heavy atom. The van der Waals surface area contributed by atoms with E-state index in [-0.39, 0.29) is 12.8 Å². The van der Waals surface area contributed by atoms with Crippen molar-refractivity contribution in [2.45, 2.75) is 46.1 Å². The normalized spacial score (nSPS) is 13.5. The third-order valence-corrected chi connectivity index (χ3v) is 1.97. The fraction of sp³-hybridized carbons (Fsp3) is 0.700. The number of ether oxygens (including phenoxy) is 1. The number of carbonyl (C=O) groups excluding carboxylic acids is 3. The molecule has 0 aliphatic heterocycles. The van der Waals surface area contributed by atoms with Crippen molar-refractivity contribution in [2.75, 3.05) is 0 Å². The van der Waals surface area contributed by atoms with Crippen molar-refractivity contribution < 1.29 is 28.9 Å². The zero-order valence-electron chi connectivity index (χ0n) is 9.86. The van der Waals surface area contributed by atoms with Gasteiger partial charge in [-0.1, -0.05) is 13.8 Å². The van der Waals surface area contributed by atoms with E-state index in [1.54, 1.807) is 13.8 Å². The molecule has 0 aromatic rings. The standard InChI is InChI=1S/C10H16O6/c1-5-8(12)15-16-9(13)10(4,6-2)14-7(3)11/h5-6H2,1-4H3. The highest BCUT2D eigenvalue weighted by Gasteiger charge is 2.38. The van der Waals surface area contributed by atoms with Gasteiger partial charge in [0.15, 0.2) is 0 Å². The Morgan fingerprint density at radius 2 is 1.69 bits per heavy atom. The molecule has 1 unspecified atom stereocenters. The second-order valence-corrected chi connectivity index (χ2v) is 3.36. The summed E-state index contributed by atoms with van der Waals surface area (Å²) in [7, 11) is 0. The Kier molecular flexibility index (Phi) is 5.49. The zero-order chi connectivity index (χ0) is 12.8. The van der Waals surface area contributed by atoms with Gasteiger partial charge in [0.25, 0.3) is 0 Å². The topological polar surface area (TPSA) is 78.9 Å². The monoisotopic (exact) mass is 232 g/mol. The van der Waals surface area contributed by atoms with Crippen molar-refractivity contribution in [3.63, 3.8) is 0 Å². The van der Waals surface area contributed by atoms with Crippen LogP contribution in [-0.4, -0.2) is 23.5 Å². The summed E-state index contributed by atoms with van der Waals surface area (Å²) < 4.78 is 4.81. The molecule has 0 aliphatic rings. The van der Waals surface area contributed by atoms with Crippen molar-refractivity contribution in [1.82, 2.24) is 0 Å². The van der Waals surface area contributed by atoms with E-state index in [0.717, 1.165) is 0 Å². The van der Waals surface area contributed by atoms with Crippen LogP contribution in [0.1, 0.15) is 40.5 Å². The number of rotatable bonds is 4. The minimum atomic E-state index is -1.43. The van der Waals surface area contributed by atoms with E-state index in [4.69, 9.17) is 4.74 Å². The third kappa shape index (κ3) is 4.29. The number of carbonyl (C=O) groups is 3. The van der Waals surface area contributed by atoms with Crippen LogP contribution < -0.4 is 0 Å². The van der Waals surface area contributed by atoms with Gasteiger partial charge in [0.1, 0.15) is 0 Å². The molecular weight excluding hydrogens is 216 g/mol. The Morgan fingerprint density at radius 1 is 1.12 bits per heavy atom. The van der Waals surface area contributed by atoms with Gasteiger partial charge in [-0.05, 0) is 13.3 Å². The van der Waals surface area contributed by atoms with Crippen LogP contribution in [0, 0.1) is 0 Å². The smallest absolute Gasteiger partial charge is 0.398 e. The summed E-state index contributed by atoms with van der Waals surface area (Å²) in [5.41, 5.74) is -1.43. The minimum Gasteiger partial charge on any atom is -0.447 e. The SMILES string of the molecule is CCC(=O)OOC(=O)C(C)(CC)OC(C)=O. The summed E-state index contributed by atoms with van der Waals surface area (Å²) in [6, 6.07) is 0. The summed E-state index contributed by atoms with van der Waals surface area (Å²) in [5.74, 6) is -2.19. The Balaban J connectivity index is 4.41. The first-order chi connectivity index (χ1) is 7.35. The fourth-order valence-corrected chi connectivity index (χ4v) is 0.807. The Hall–Kier alpha value is -1.59. The predicted molar refractivity (Wildman–Crippen MR) is 52.9 cm³/mol. The van der Waals surface area contributed by atoms with Gasteiger partial charge in [0.05, 0.1) is 0 Å². The third-order valence-electron chi connectivity index (χ3n) is 1.97. The molecule has 0 saturated heterocycles. The number of hydrogen-bond acceptors (Lipinski definition) is 6. The molecule has 0 aromatic carbocycles. The van der Waals surface area contributed by atoms with E-state index in [9.17, 15) is 14.4 Å². The summed E-state index contributed by atoms with van der Waals surface area (Å²) in [6.45, 7) is 5.77. The van der Waals surface area contributed by atoms with Gasteiger partial charge in [-0.25, -0.2) is 19.4 Å². The molecule has 0 amide bonds. The molecule has 6 nitrogen and oxygen atoms in total. The van der Waals surface area contributed by atoms with Crippen LogP contribution >= 0.6 is 0 Å². The molecule has 0 aliphatic carbocycles. The molecule has 0 heterocycles. The van der Waals surface area contributed by atoms with Crippen LogP contribution in [0.4, 0.5) is 0 Å². The Labute approximate surface area is 93.8 Å². The first-order valence-electron chi connectivity index (χ1n) is 4.97. The summed E-state index contributed by atoms with van der Waals surface area (Å²) in [4.78, 5) is 41.5. The lowest BCUT2D eigenvalue weighted by Gasteiger charge is -2.23. The van der Waals surface area contributed by atoms with Crippen molar-refractivity contribution in [2.24, 2.45) is 0 Å². The van der Waals surface area contributed by atoms with Crippen molar-refractivity contribution >= 4 is 17.9 Å². The first-order valence-corrected chi connectivity index (χ1v) is 4.97. The van der Waals surface area contributed by atoms with Gasteiger partial charge in [0.2, 0.25) is 5.60 Å². The maximum Gasteiger partial charge on any atom is 0.398 e. The molecule has 0 aromatic heterocycles. The Bertz CT molecular complexity index is 285. The lowest BCUT2D eigenvalue weighted by atomic mass is 10.0. The van der Waals surface area contributed by atoms with E-state index < -0.39 is 23.5 Å². The van der Waals surface area contributed by atoms with Crippen LogP contribution in [0.15, 0.2) is 0 Å². The molecule has 16 heavy (non-hydrogen) atoms. The number of esters is 1. The molecule has 92 valence electrons. The predicted octanol–water partition coefficient (Wildman–Crippen LogP) is 1.13. The molecule has 0 radical (unpaired) electrons. The molecule has 0 N–H and O–H groups in total. The van der Waals surface area contributed by atoms with Gasteiger partial charge in [-0.3, -0.25) is 4.79 Å². The highest BCUT2D eigenvalue weighted by Crippen LogP contribution is 2.17. The van der Waals surface area contributed by atoms with Crippen LogP contribution in [0.2, 0.25) is 0 Å². The molecule has 0 spiro atoms. The van der Waals surface area contributed by atoms with Crippen LogP contribution in [0.3, 0.4) is 0 Å².